The Hall–Kier alpha value is -2.89. The summed E-state index contributed by atoms with van der Waals surface area (Å²) in [4.78, 5) is 29.6. The number of aromatic nitrogens is 1. The molecule has 2 aromatic rings. The standard InChI is InChI=1S/C30H43NO5/c1-7-24(15-11-14-23-12-9-8-10-13-23)25(18-20(2)3)22(5)36-30(34)21(4)19-26(32)28-29(33)27(35-6)16-17-31-28/h8-10,12-13,16-17,20-22,24-25,33H,7,11,14-15,18-19H2,1-6H3/t21?,22-,24+,25-/m0/s1. The summed E-state index contributed by atoms with van der Waals surface area (Å²) >= 11 is 0. The van der Waals surface area contributed by atoms with Crippen LogP contribution in [0.5, 0.6) is 11.5 Å². The van der Waals surface area contributed by atoms with Gasteiger partial charge in [-0.2, -0.15) is 0 Å². The monoisotopic (exact) mass is 497 g/mol. The van der Waals surface area contributed by atoms with E-state index in [2.05, 4.69) is 50.0 Å². The van der Waals surface area contributed by atoms with Gasteiger partial charge < -0.3 is 14.6 Å². The topological polar surface area (TPSA) is 85.7 Å². The van der Waals surface area contributed by atoms with Gasteiger partial charge in [-0.1, -0.05) is 64.4 Å². The zero-order valence-corrected chi connectivity index (χ0v) is 22.7. The van der Waals surface area contributed by atoms with Gasteiger partial charge in [-0.15, -0.1) is 0 Å². The van der Waals surface area contributed by atoms with Crippen molar-refractivity contribution < 1.29 is 24.2 Å². The maximum Gasteiger partial charge on any atom is 0.309 e. The van der Waals surface area contributed by atoms with Crippen LogP contribution in [0.15, 0.2) is 42.6 Å². The SMILES string of the molecule is CC[C@H](CCCc1ccccc1)[C@@H](CC(C)C)[C@H](C)OC(=O)C(C)CC(=O)c1nccc(OC)c1O. The fraction of sp³-hybridized carbons (Fsp3) is 0.567. The highest BCUT2D eigenvalue weighted by atomic mass is 16.5. The Labute approximate surface area is 216 Å². The molecule has 0 saturated heterocycles. The van der Waals surface area contributed by atoms with Crippen molar-refractivity contribution in [2.24, 2.45) is 23.7 Å². The zero-order valence-electron chi connectivity index (χ0n) is 22.7. The lowest BCUT2D eigenvalue weighted by atomic mass is 9.78. The molecule has 1 heterocycles. The van der Waals surface area contributed by atoms with Gasteiger partial charge in [-0.25, -0.2) is 4.98 Å². The van der Waals surface area contributed by atoms with Gasteiger partial charge >= 0.3 is 5.97 Å². The Kier molecular flexibility index (Phi) is 11.9. The molecule has 6 heteroatoms. The summed E-state index contributed by atoms with van der Waals surface area (Å²) in [5, 5.41) is 10.2. The first-order chi connectivity index (χ1) is 17.2. The second-order valence-corrected chi connectivity index (χ2v) is 10.2. The molecule has 36 heavy (non-hydrogen) atoms. The molecule has 0 aliphatic heterocycles. The predicted octanol–water partition coefficient (Wildman–Crippen LogP) is 6.65. The van der Waals surface area contributed by atoms with E-state index in [9.17, 15) is 14.7 Å². The van der Waals surface area contributed by atoms with Crippen molar-refractivity contribution >= 4 is 11.8 Å². The van der Waals surface area contributed by atoms with Crippen LogP contribution in [0.1, 0.15) is 82.8 Å². The Morgan fingerprint density at radius 2 is 1.75 bits per heavy atom. The van der Waals surface area contributed by atoms with Crippen molar-refractivity contribution in [3.8, 4) is 11.5 Å². The van der Waals surface area contributed by atoms with Gasteiger partial charge in [0.05, 0.1) is 13.0 Å². The fourth-order valence-corrected chi connectivity index (χ4v) is 4.90. The Morgan fingerprint density at radius 1 is 1.06 bits per heavy atom. The minimum absolute atomic E-state index is 0.0933. The lowest BCUT2D eigenvalue weighted by Gasteiger charge is -2.33. The molecule has 0 amide bonds. The normalized spacial score (nSPS) is 14.6. The molecular formula is C30H43NO5. The summed E-state index contributed by atoms with van der Waals surface area (Å²) in [7, 11) is 1.41. The molecule has 4 atom stereocenters. The fourth-order valence-electron chi connectivity index (χ4n) is 4.90. The van der Waals surface area contributed by atoms with Gasteiger partial charge in [0.15, 0.2) is 23.0 Å². The van der Waals surface area contributed by atoms with Crippen LogP contribution in [-0.2, 0) is 16.0 Å². The zero-order chi connectivity index (χ0) is 26.7. The quantitative estimate of drug-likeness (QED) is 0.219. The molecule has 198 valence electrons. The highest BCUT2D eigenvalue weighted by Crippen LogP contribution is 2.33. The molecule has 0 fully saturated rings. The van der Waals surface area contributed by atoms with Gasteiger partial charge in [-0.05, 0) is 55.9 Å². The molecule has 0 aliphatic rings. The molecule has 1 aromatic carbocycles. The third kappa shape index (κ3) is 8.65. The van der Waals surface area contributed by atoms with E-state index in [0.717, 1.165) is 32.1 Å². The second kappa shape index (κ2) is 14.6. The molecule has 2 rings (SSSR count). The van der Waals surface area contributed by atoms with Crippen LogP contribution in [0.4, 0.5) is 0 Å². The Morgan fingerprint density at radius 3 is 2.36 bits per heavy atom. The van der Waals surface area contributed by atoms with Crippen LogP contribution in [0.2, 0.25) is 0 Å². The van der Waals surface area contributed by atoms with Crippen LogP contribution in [0.25, 0.3) is 0 Å². The van der Waals surface area contributed by atoms with E-state index in [4.69, 9.17) is 9.47 Å². The summed E-state index contributed by atoms with van der Waals surface area (Å²) in [6.07, 6.45) is 6.29. The van der Waals surface area contributed by atoms with Crippen LogP contribution in [0, 0.1) is 23.7 Å². The van der Waals surface area contributed by atoms with Crippen LogP contribution < -0.4 is 4.74 Å². The number of ether oxygens (including phenoxy) is 2. The molecular weight excluding hydrogens is 454 g/mol. The average molecular weight is 498 g/mol. The summed E-state index contributed by atoms with van der Waals surface area (Å²) < 4.78 is 11.0. The number of hydrogen-bond donors (Lipinski definition) is 1. The third-order valence-electron chi connectivity index (χ3n) is 6.93. The molecule has 1 aromatic heterocycles. The number of carbonyl (C=O) groups is 2. The van der Waals surface area contributed by atoms with Crippen molar-refractivity contribution in [1.29, 1.82) is 0 Å². The number of pyridine rings is 1. The van der Waals surface area contributed by atoms with Crippen molar-refractivity contribution in [2.75, 3.05) is 7.11 Å². The van der Waals surface area contributed by atoms with E-state index in [1.165, 1.54) is 24.9 Å². The maximum absolute atomic E-state index is 12.9. The number of esters is 1. The molecule has 0 bridgehead atoms. The first-order valence-electron chi connectivity index (χ1n) is 13.2. The van der Waals surface area contributed by atoms with E-state index in [1.807, 2.05) is 13.0 Å². The molecule has 0 aliphatic carbocycles. The van der Waals surface area contributed by atoms with Gasteiger partial charge in [0.2, 0.25) is 0 Å². The molecule has 6 nitrogen and oxygen atoms in total. The number of methoxy groups -OCH3 is 1. The van der Waals surface area contributed by atoms with Crippen molar-refractivity contribution in [1.82, 2.24) is 4.98 Å². The number of aromatic hydroxyl groups is 1. The number of rotatable bonds is 15. The van der Waals surface area contributed by atoms with E-state index in [1.54, 1.807) is 6.92 Å². The van der Waals surface area contributed by atoms with Gasteiger partial charge in [0.25, 0.3) is 0 Å². The number of aryl methyl sites for hydroxylation is 1. The van der Waals surface area contributed by atoms with E-state index in [-0.39, 0.29) is 35.6 Å². The van der Waals surface area contributed by atoms with Crippen LogP contribution in [-0.4, -0.2) is 35.1 Å². The summed E-state index contributed by atoms with van der Waals surface area (Å²) in [5.41, 5.74) is 1.26. The Balaban J connectivity index is 2.00. The van der Waals surface area contributed by atoms with Gasteiger partial charge in [0.1, 0.15) is 6.10 Å². The minimum Gasteiger partial charge on any atom is -0.503 e. The van der Waals surface area contributed by atoms with E-state index >= 15 is 0 Å². The summed E-state index contributed by atoms with van der Waals surface area (Å²) in [6.45, 7) is 10.3. The first kappa shape index (κ1) is 29.3. The molecule has 0 radical (unpaired) electrons. The van der Waals surface area contributed by atoms with Crippen LogP contribution in [0.3, 0.4) is 0 Å². The third-order valence-corrected chi connectivity index (χ3v) is 6.93. The minimum atomic E-state index is -0.648. The molecule has 0 saturated carbocycles. The van der Waals surface area contributed by atoms with Crippen molar-refractivity contribution in [2.45, 2.75) is 79.2 Å². The molecule has 1 unspecified atom stereocenters. The number of nitrogens with zero attached hydrogens (tertiary/aromatic N) is 1. The number of Topliss-reactive ketones (excluding diaryl/α,β-unsaturated/α-hetero) is 1. The second-order valence-electron chi connectivity index (χ2n) is 10.2. The lowest BCUT2D eigenvalue weighted by molar-refractivity contribution is -0.156. The molecule has 0 spiro atoms. The lowest BCUT2D eigenvalue weighted by Crippen LogP contribution is -2.33. The van der Waals surface area contributed by atoms with E-state index in [0.29, 0.717) is 11.8 Å². The molecule has 1 N–H and O–H groups in total. The van der Waals surface area contributed by atoms with Crippen LogP contribution >= 0.6 is 0 Å². The van der Waals surface area contributed by atoms with Gasteiger partial charge in [-0.3, -0.25) is 9.59 Å². The number of carbonyl (C=O) groups excluding carboxylic acids is 2. The number of hydrogen-bond acceptors (Lipinski definition) is 6. The van der Waals surface area contributed by atoms with Crippen molar-refractivity contribution in [3.05, 3.63) is 53.9 Å². The predicted molar refractivity (Wildman–Crippen MR) is 142 cm³/mol. The summed E-state index contributed by atoms with van der Waals surface area (Å²) in [5.74, 6) is -0.411. The smallest absolute Gasteiger partial charge is 0.309 e. The number of ketones is 1. The van der Waals surface area contributed by atoms with Crippen molar-refractivity contribution in [3.63, 3.8) is 0 Å². The largest absolute Gasteiger partial charge is 0.503 e. The number of benzene rings is 1. The first-order valence-corrected chi connectivity index (χ1v) is 13.2. The maximum atomic E-state index is 12.9. The highest BCUT2D eigenvalue weighted by molar-refractivity contribution is 5.99. The average Bonchev–Trinajstić information content (AvgIpc) is 2.85. The Bertz CT molecular complexity index is 959. The van der Waals surface area contributed by atoms with E-state index < -0.39 is 17.7 Å². The highest BCUT2D eigenvalue weighted by Gasteiger charge is 2.31. The van der Waals surface area contributed by atoms with Gasteiger partial charge in [0, 0.05) is 18.7 Å². The summed E-state index contributed by atoms with van der Waals surface area (Å²) in [6, 6.07) is 12.0.